The van der Waals surface area contributed by atoms with Crippen LogP contribution in [0.3, 0.4) is 0 Å². The van der Waals surface area contributed by atoms with E-state index in [1.54, 1.807) is 12.1 Å². The van der Waals surface area contributed by atoms with Crippen LogP contribution in [0, 0.1) is 0 Å². The molecule has 104 valence electrons. The van der Waals surface area contributed by atoms with Crippen molar-refractivity contribution in [3.05, 3.63) is 28.2 Å². The van der Waals surface area contributed by atoms with E-state index in [9.17, 15) is 9.59 Å². The lowest BCUT2D eigenvalue weighted by molar-refractivity contribution is 0.146. The highest BCUT2D eigenvalue weighted by atomic mass is 35.5. The van der Waals surface area contributed by atoms with Gasteiger partial charge in [-0.05, 0) is 24.6 Å². The van der Waals surface area contributed by atoms with Crippen molar-refractivity contribution in [2.45, 2.75) is 19.8 Å². The monoisotopic (exact) mass is 304 g/mol. The van der Waals surface area contributed by atoms with Gasteiger partial charge in [0.05, 0.1) is 16.7 Å². The summed E-state index contributed by atoms with van der Waals surface area (Å²) in [6.07, 6.45) is 0.871. The quantitative estimate of drug-likeness (QED) is 0.825. The number of halogens is 2. The van der Waals surface area contributed by atoms with Gasteiger partial charge in [-0.2, -0.15) is 0 Å². The van der Waals surface area contributed by atoms with Crippen molar-refractivity contribution in [1.82, 2.24) is 5.32 Å². The number of carbonyl (C=O) groups excluding carboxylic acids is 2. The zero-order chi connectivity index (χ0) is 14.3. The van der Waals surface area contributed by atoms with Crippen molar-refractivity contribution >= 4 is 41.0 Å². The van der Waals surface area contributed by atoms with Gasteiger partial charge in [0.2, 0.25) is 0 Å². The average Bonchev–Trinajstić information content (AvgIpc) is 2.34. The van der Waals surface area contributed by atoms with Crippen molar-refractivity contribution in [3.63, 3.8) is 0 Å². The topological polar surface area (TPSA) is 67.4 Å². The highest BCUT2D eigenvalue weighted by Crippen LogP contribution is 2.24. The first-order valence-electron chi connectivity index (χ1n) is 5.72. The number of imide groups is 1. The predicted molar refractivity (Wildman–Crippen MR) is 74.9 cm³/mol. The summed E-state index contributed by atoms with van der Waals surface area (Å²) in [7, 11) is 0. The summed E-state index contributed by atoms with van der Waals surface area (Å²) in [4.78, 5) is 22.7. The summed E-state index contributed by atoms with van der Waals surface area (Å²) in [6.45, 7) is 2.25. The number of carbonyl (C=O) groups is 2. The van der Waals surface area contributed by atoms with E-state index in [1.165, 1.54) is 6.07 Å². The first-order chi connectivity index (χ1) is 9.02. The van der Waals surface area contributed by atoms with E-state index in [4.69, 9.17) is 27.9 Å². The van der Waals surface area contributed by atoms with Crippen molar-refractivity contribution < 1.29 is 14.3 Å². The number of anilines is 1. The van der Waals surface area contributed by atoms with Gasteiger partial charge in [0, 0.05) is 5.69 Å². The number of nitrogens with one attached hydrogen (secondary N) is 2. The molecule has 0 unspecified atom stereocenters. The van der Waals surface area contributed by atoms with Gasteiger partial charge in [0.15, 0.2) is 0 Å². The molecule has 0 aliphatic rings. The van der Waals surface area contributed by atoms with E-state index in [2.05, 4.69) is 5.32 Å². The Bertz CT molecular complexity index is 466. The molecule has 0 spiro atoms. The molecule has 0 saturated heterocycles. The fourth-order valence-corrected chi connectivity index (χ4v) is 1.47. The molecule has 1 aromatic carbocycles. The molecule has 0 saturated carbocycles. The van der Waals surface area contributed by atoms with Crippen LogP contribution in [0.4, 0.5) is 15.3 Å². The van der Waals surface area contributed by atoms with E-state index in [0.717, 1.165) is 12.8 Å². The second-order valence-corrected chi connectivity index (χ2v) is 4.51. The Kier molecular flexibility index (Phi) is 6.45. The van der Waals surface area contributed by atoms with Crippen LogP contribution in [0.2, 0.25) is 10.0 Å². The Morgan fingerprint density at radius 3 is 2.63 bits per heavy atom. The van der Waals surface area contributed by atoms with Crippen LogP contribution in [-0.2, 0) is 4.74 Å². The molecule has 1 rings (SSSR count). The second-order valence-electron chi connectivity index (χ2n) is 3.70. The Balaban J connectivity index is 2.42. The molecule has 0 heterocycles. The van der Waals surface area contributed by atoms with Crippen molar-refractivity contribution in [1.29, 1.82) is 0 Å². The van der Waals surface area contributed by atoms with E-state index < -0.39 is 12.1 Å². The maximum absolute atomic E-state index is 11.5. The molecule has 0 aliphatic heterocycles. The zero-order valence-corrected chi connectivity index (χ0v) is 11.8. The third-order valence-corrected chi connectivity index (χ3v) is 2.86. The summed E-state index contributed by atoms with van der Waals surface area (Å²) in [5.41, 5.74) is 0.424. The summed E-state index contributed by atoms with van der Waals surface area (Å²) in [5, 5.41) is 5.16. The van der Waals surface area contributed by atoms with Crippen LogP contribution >= 0.6 is 23.2 Å². The summed E-state index contributed by atoms with van der Waals surface area (Å²) >= 11 is 11.5. The lowest BCUT2D eigenvalue weighted by atomic mass is 10.3. The maximum Gasteiger partial charge on any atom is 0.415 e. The molecule has 0 atom stereocenters. The van der Waals surface area contributed by atoms with Crippen molar-refractivity contribution in [2.24, 2.45) is 0 Å². The molecule has 19 heavy (non-hydrogen) atoms. The smallest absolute Gasteiger partial charge is 0.415 e. The standard InChI is InChI=1S/C12H14Cl2N2O3/c1-2-3-6-19-12(18)16-11(17)15-8-4-5-9(13)10(14)7-8/h4-5,7H,2-3,6H2,1H3,(H2,15,16,17,18). The van der Waals surface area contributed by atoms with Crippen molar-refractivity contribution in [3.8, 4) is 0 Å². The Morgan fingerprint density at radius 2 is 2.00 bits per heavy atom. The highest BCUT2D eigenvalue weighted by molar-refractivity contribution is 6.42. The lowest BCUT2D eigenvalue weighted by Gasteiger charge is -2.08. The number of ether oxygens (including phenoxy) is 1. The van der Waals surface area contributed by atoms with Gasteiger partial charge in [-0.1, -0.05) is 36.5 Å². The Labute approximate surface area is 121 Å². The van der Waals surface area contributed by atoms with Gasteiger partial charge >= 0.3 is 12.1 Å². The molecule has 1 aromatic rings. The lowest BCUT2D eigenvalue weighted by Crippen LogP contribution is -2.34. The molecule has 3 amide bonds. The van der Waals surface area contributed by atoms with Crippen LogP contribution in [0.5, 0.6) is 0 Å². The number of hydrogen-bond acceptors (Lipinski definition) is 3. The van der Waals surface area contributed by atoms with Gasteiger partial charge in [-0.15, -0.1) is 0 Å². The van der Waals surface area contributed by atoms with E-state index in [0.29, 0.717) is 15.7 Å². The molecule has 0 radical (unpaired) electrons. The third kappa shape index (κ3) is 5.81. The number of urea groups is 1. The van der Waals surface area contributed by atoms with Crippen molar-refractivity contribution in [2.75, 3.05) is 11.9 Å². The summed E-state index contributed by atoms with van der Waals surface area (Å²) in [6, 6.07) is 3.89. The average molecular weight is 305 g/mol. The second kappa shape index (κ2) is 7.86. The minimum absolute atomic E-state index is 0.280. The normalized spacial score (nSPS) is 9.84. The van der Waals surface area contributed by atoms with Crippen LogP contribution in [0.1, 0.15) is 19.8 Å². The van der Waals surface area contributed by atoms with Crippen LogP contribution in [0.25, 0.3) is 0 Å². The summed E-state index contributed by atoms with van der Waals surface area (Å²) in [5.74, 6) is 0. The number of rotatable bonds is 4. The molecule has 0 aromatic heterocycles. The fraction of sp³-hybridized carbons (Fsp3) is 0.333. The SMILES string of the molecule is CCCCOC(=O)NC(=O)Nc1ccc(Cl)c(Cl)c1. The van der Waals surface area contributed by atoms with Gasteiger partial charge < -0.3 is 10.1 Å². The van der Waals surface area contributed by atoms with Crippen LogP contribution in [-0.4, -0.2) is 18.7 Å². The molecule has 0 aliphatic carbocycles. The minimum atomic E-state index is -0.786. The zero-order valence-electron chi connectivity index (χ0n) is 10.3. The largest absolute Gasteiger partial charge is 0.449 e. The number of benzene rings is 1. The molecular weight excluding hydrogens is 291 g/mol. The van der Waals surface area contributed by atoms with E-state index in [-0.39, 0.29) is 6.61 Å². The number of hydrogen-bond donors (Lipinski definition) is 2. The first-order valence-corrected chi connectivity index (χ1v) is 6.48. The molecule has 5 nitrogen and oxygen atoms in total. The van der Waals surface area contributed by atoms with E-state index >= 15 is 0 Å². The third-order valence-electron chi connectivity index (χ3n) is 2.12. The molecule has 2 N–H and O–H groups in total. The number of alkyl carbamates (subject to hydrolysis) is 1. The Morgan fingerprint density at radius 1 is 1.26 bits per heavy atom. The first kappa shape index (κ1) is 15.6. The van der Waals surface area contributed by atoms with Gasteiger partial charge in [0.1, 0.15) is 0 Å². The molecule has 0 fully saturated rings. The number of unbranched alkanes of at least 4 members (excludes halogenated alkanes) is 1. The fourth-order valence-electron chi connectivity index (χ4n) is 1.17. The van der Waals surface area contributed by atoms with E-state index in [1.807, 2.05) is 12.2 Å². The summed E-state index contributed by atoms with van der Waals surface area (Å²) < 4.78 is 4.78. The molecule has 7 heteroatoms. The van der Waals surface area contributed by atoms with Gasteiger partial charge in [0.25, 0.3) is 0 Å². The number of amides is 3. The maximum atomic E-state index is 11.5. The molecule has 0 bridgehead atoms. The molecular formula is C12H14Cl2N2O3. The Hall–Kier alpha value is -1.46. The van der Waals surface area contributed by atoms with Gasteiger partial charge in [-0.25, -0.2) is 14.9 Å². The minimum Gasteiger partial charge on any atom is -0.449 e. The highest BCUT2D eigenvalue weighted by Gasteiger charge is 2.09. The van der Waals surface area contributed by atoms with Gasteiger partial charge in [-0.3, -0.25) is 0 Å². The van der Waals surface area contributed by atoms with Crippen LogP contribution < -0.4 is 10.6 Å². The predicted octanol–water partition coefficient (Wildman–Crippen LogP) is 4.05. The van der Waals surface area contributed by atoms with Crippen LogP contribution in [0.15, 0.2) is 18.2 Å².